The Hall–Kier alpha value is -0.650. The predicted molar refractivity (Wildman–Crippen MR) is 61.0 cm³/mol. The lowest BCUT2D eigenvalue weighted by atomic mass is 10.0. The lowest BCUT2D eigenvalue weighted by Gasteiger charge is -2.28. The molecule has 16 heavy (non-hydrogen) atoms. The summed E-state index contributed by atoms with van der Waals surface area (Å²) in [6.07, 6.45) is 2.20. The molecule has 0 aromatic carbocycles. The Morgan fingerprint density at radius 3 is 3.00 bits per heavy atom. The Morgan fingerprint density at radius 1 is 1.69 bits per heavy atom. The van der Waals surface area contributed by atoms with E-state index in [1.54, 1.807) is 19.1 Å². The lowest BCUT2D eigenvalue weighted by Crippen LogP contribution is -2.46. The average Bonchev–Trinajstić information content (AvgIpc) is 2.29. The smallest absolute Gasteiger partial charge is 0.241 e. The van der Waals surface area contributed by atoms with E-state index in [4.69, 9.17) is 15.2 Å². The van der Waals surface area contributed by atoms with Crippen LogP contribution >= 0.6 is 0 Å². The number of nitrogens with two attached hydrogens (primary N) is 1. The zero-order valence-corrected chi connectivity index (χ0v) is 10.1. The summed E-state index contributed by atoms with van der Waals surface area (Å²) in [7, 11) is 3.33. The fraction of sp³-hybridized carbons (Fsp3) is 0.909. The van der Waals surface area contributed by atoms with Gasteiger partial charge in [-0.25, -0.2) is 0 Å². The number of amides is 1. The third kappa shape index (κ3) is 4.08. The fourth-order valence-electron chi connectivity index (χ4n) is 1.96. The van der Waals surface area contributed by atoms with Crippen LogP contribution in [0.25, 0.3) is 0 Å². The van der Waals surface area contributed by atoms with Gasteiger partial charge in [-0.15, -0.1) is 0 Å². The van der Waals surface area contributed by atoms with Crippen LogP contribution in [0.2, 0.25) is 0 Å². The van der Waals surface area contributed by atoms with Crippen LogP contribution in [0.3, 0.4) is 0 Å². The molecule has 2 atom stereocenters. The van der Waals surface area contributed by atoms with Gasteiger partial charge in [0.1, 0.15) is 6.04 Å². The molecule has 0 radical (unpaired) electrons. The first-order valence-corrected chi connectivity index (χ1v) is 5.72. The van der Waals surface area contributed by atoms with E-state index in [-0.39, 0.29) is 12.5 Å². The summed E-state index contributed by atoms with van der Waals surface area (Å²) in [4.78, 5) is 13.5. The van der Waals surface area contributed by atoms with E-state index >= 15 is 0 Å². The monoisotopic (exact) mass is 230 g/mol. The van der Waals surface area contributed by atoms with Crippen molar-refractivity contribution in [3.05, 3.63) is 0 Å². The van der Waals surface area contributed by atoms with Crippen molar-refractivity contribution < 1.29 is 14.3 Å². The molecule has 5 heteroatoms. The molecule has 1 fully saturated rings. The first-order chi connectivity index (χ1) is 7.65. The zero-order chi connectivity index (χ0) is 12.0. The molecule has 0 aromatic heterocycles. The van der Waals surface area contributed by atoms with Crippen LogP contribution in [0.5, 0.6) is 0 Å². The predicted octanol–water partition coefficient (Wildman–Crippen LogP) is -0.155. The van der Waals surface area contributed by atoms with Crippen LogP contribution in [0, 0.1) is 5.92 Å². The van der Waals surface area contributed by atoms with Crippen LogP contribution in [0.1, 0.15) is 12.8 Å². The molecule has 2 N–H and O–H groups in total. The SMILES string of the molecule is COCC(N)C(=O)N(C)CC1CCCOC1. The number of likely N-dealkylation sites (N-methyl/N-ethyl adjacent to an activating group) is 1. The normalized spacial score (nSPS) is 22.8. The van der Waals surface area contributed by atoms with Crippen LogP contribution in [-0.4, -0.2) is 57.4 Å². The lowest BCUT2D eigenvalue weighted by molar-refractivity contribution is -0.133. The van der Waals surface area contributed by atoms with Gasteiger partial charge in [-0.05, 0) is 18.8 Å². The third-order valence-corrected chi connectivity index (χ3v) is 2.83. The minimum absolute atomic E-state index is 0.0626. The summed E-state index contributed by atoms with van der Waals surface area (Å²) in [5.74, 6) is 0.380. The molecular weight excluding hydrogens is 208 g/mol. The maximum absolute atomic E-state index is 11.8. The number of nitrogens with zero attached hydrogens (tertiary/aromatic N) is 1. The standard InChI is InChI=1S/C11H22N2O3/c1-13(11(14)10(12)8-15-2)6-9-4-3-5-16-7-9/h9-10H,3-8,12H2,1-2H3. The summed E-state index contributed by atoms with van der Waals surface area (Å²) >= 11 is 0. The van der Waals surface area contributed by atoms with E-state index < -0.39 is 6.04 Å². The van der Waals surface area contributed by atoms with Crippen LogP contribution < -0.4 is 5.73 Å². The molecule has 1 rings (SSSR count). The van der Waals surface area contributed by atoms with E-state index in [1.165, 1.54) is 0 Å². The maximum Gasteiger partial charge on any atom is 0.241 e. The number of ether oxygens (including phenoxy) is 2. The molecule has 1 saturated heterocycles. The second-order valence-electron chi connectivity index (χ2n) is 4.36. The van der Waals surface area contributed by atoms with Gasteiger partial charge >= 0.3 is 0 Å². The third-order valence-electron chi connectivity index (χ3n) is 2.83. The van der Waals surface area contributed by atoms with Crippen molar-refractivity contribution in [2.75, 3.05) is 40.5 Å². The highest BCUT2D eigenvalue weighted by molar-refractivity contribution is 5.81. The van der Waals surface area contributed by atoms with Crippen molar-refractivity contribution in [3.63, 3.8) is 0 Å². The summed E-state index contributed by atoms with van der Waals surface area (Å²) < 4.78 is 10.2. The summed E-state index contributed by atoms with van der Waals surface area (Å²) in [5, 5.41) is 0. The molecule has 1 heterocycles. The first kappa shape index (κ1) is 13.4. The van der Waals surface area contributed by atoms with Crippen LogP contribution in [-0.2, 0) is 14.3 Å². The molecule has 1 aliphatic rings. The molecule has 0 spiro atoms. The Morgan fingerprint density at radius 2 is 2.44 bits per heavy atom. The number of hydrogen-bond donors (Lipinski definition) is 1. The average molecular weight is 230 g/mol. The number of hydrogen-bond acceptors (Lipinski definition) is 4. The van der Waals surface area contributed by atoms with Gasteiger partial charge < -0.3 is 20.1 Å². The Kier molecular flexibility index (Phi) is 5.73. The highest BCUT2D eigenvalue weighted by Crippen LogP contribution is 2.14. The molecule has 0 saturated carbocycles. The van der Waals surface area contributed by atoms with Crippen LogP contribution in [0.4, 0.5) is 0 Å². The van der Waals surface area contributed by atoms with Crippen molar-refractivity contribution in [1.82, 2.24) is 4.90 Å². The van der Waals surface area contributed by atoms with Gasteiger partial charge in [-0.3, -0.25) is 4.79 Å². The molecule has 0 bridgehead atoms. The van der Waals surface area contributed by atoms with Crippen molar-refractivity contribution >= 4 is 5.91 Å². The van der Waals surface area contributed by atoms with Crippen molar-refractivity contribution in [2.45, 2.75) is 18.9 Å². The van der Waals surface area contributed by atoms with Gasteiger partial charge in [-0.2, -0.15) is 0 Å². The van der Waals surface area contributed by atoms with Crippen LogP contribution in [0.15, 0.2) is 0 Å². The first-order valence-electron chi connectivity index (χ1n) is 5.72. The molecule has 0 aromatic rings. The van der Waals surface area contributed by atoms with Gasteiger partial charge in [0, 0.05) is 27.3 Å². The van der Waals surface area contributed by atoms with Crippen molar-refractivity contribution in [2.24, 2.45) is 11.7 Å². The van der Waals surface area contributed by atoms with Crippen molar-refractivity contribution in [1.29, 1.82) is 0 Å². The van der Waals surface area contributed by atoms with E-state index in [9.17, 15) is 4.79 Å². The molecule has 1 aliphatic heterocycles. The van der Waals surface area contributed by atoms with Gasteiger partial charge in [0.25, 0.3) is 0 Å². The number of methoxy groups -OCH3 is 1. The molecule has 0 aliphatic carbocycles. The summed E-state index contributed by atoms with van der Waals surface area (Å²) in [6.45, 7) is 2.58. The number of rotatable bonds is 5. The van der Waals surface area contributed by atoms with Gasteiger partial charge in [0.2, 0.25) is 5.91 Å². The highest BCUT2D eigenvalue weighted by atomic mass is 16.5. The van der Waals surface area contributed by atoms with E-state index in [1.807, 2.05) is 0 Å². The quantitative estimate of drug-likeness (QED) is 0.713. The van der Waals surface area contributed by atoms with Gasteiger partial charge in [0.15, 0.2) is 0 Å². The number of carbonyl (C=O) groups is 1. The topological polar surface area (TPSA) is 64.8 Å². The summed E-state index contributed by atoms with van der Waals surface area (Å²) in [5.41, 5.74) is 5.69. The maximum atomic E-state index is 11.8. The minimum Gasteiger partial charge on any atom is -0.383 e. The highest BCUT2D eigenvalue weighted by Gasteiger charge is 2.22. The molecular formula is C11H22N2O3. The Labute approximate surface area is 96.9 Å². The molecule has 2 unspecified atom stereocenters. The van der Waals surface area contributed by atoms with Gasteiger partial charge in [-0.1, -0.05) is 0 Å². The van der Waals surface area contributed by atoms with Gasteiger partial charge in [0.05, 0.1) is 13.2 Å². The second kappa shape index (κ2) is 6.83. The Bertz CT molecular complexity index is 217. The fourth-order valence-corrected chi connectivity index (χ4v) is 1.96. The molecule has 1 amide bonds. The van der Waals surface area contributed by atoms with E-state index in [0.717, 1.165) is 32.6 Å². The largest absolute Gasteiger partial charge is 0.383 e. The molecule has 5 nitrogen and oxygen atoms in total. The minimum atomic E-state index is -0.556. The number of carbonyl (C=O) groups excluding carboxylic acids is 1. The van der Waals surface area contributed by atoms with E-state index in [0.29, 0.717) is 5.92 Å². The zero-order valence-electron chi connectivity index (χ0n) is 10.1. The summed E-state index contributed by atoms with van der Waals surface area (Å²) in [6, 6.07) is -0.556. The van der Waals surface area contributed by atoms with E-state index in [2.05, 4.69) is 0 Å². The second-order valence-corrected chi connectivity index (χ2v) is 4.36. The Balaban J connectivity index is 2.32. The molecule has 94 valence electrons. The van der Waals surface area contributed by atoms with Crippen molar-refractivity contribution in [3.8, 4) is 0 Å².